The van der Waals surface area contributed by atoms with E-state index >= 15 is 0 Å². The lowest BCUT2D eigenvalue weighted by Gasteiger charge is -2.18. The molecule has 2 aromatic carbocycles. The van der Waals surface area contributed by atoms with Crippen molar-refractivity contribution in [1.29, 1.82) is 0 Å². The van der Waals surface area contributed by atoms with Crippen LogP contribution in [0.15, 0.2) is 48.5 Å². The lowest BCUT2D eigenvalue weighted by molar-refractivity contribution is -0.123. The standard InChI is InChI=1S/C22H27N3O3/c1-22(2,3)21(28)24-18-8-6-7-17(13-18)19(26)23-14-15-9-11-16(12-10-15)20(27)25(4)5/h6-13H,14H2,1-5H3,(H,23,26)(H,24,28). The molecule has 6 nitrogen and oxygen atoms in total. The van der Waals surface area contributed by atoms with Crippen LogP contribution >= 0.6 is 0 Å². The highest BCUT2D eigenvalue weighted by Gasteiger charge is 2.21. The summed E-state index contributed by atoms with van der Waals surface area (Å²) < 4.78 is 0. The van der Waals surface area contributed by atoms with Gasteiger partial charge in [0.15, 0.2) is 0 Å². The summed E-state index contributed by atoms with van der Waals surface area (Å²) in [4.78, 5) is 38.0. The molecule has 0 aliphatic rings. The number of amides is 3. The molecule has 148 valence electrons. The summed E-state index contributed by atoms with van der Waals surface area (Å²) in [5, 5.41) is 5.67. The summed E-state index contributed by atoms with van der Waals surface area (Å²) in [6.45, 7) is 5.83. The molecule has 0 aromatic heterocycles. The van der Waals surface area contributed by atoms with E-state index in [1.54, 1.807) is 50.5 Å². The number of rotatable bonds is 5. The van der Waals surface area contributed by atoms with E-state index in [0.29, 0.717) is 23.4 Å². The summed E-state index contributed by atoms with van der Waals surface area (Å²) in [6, 6.07) is 13.9. The van der Waals surface area contributed by atoms with Gasteiger partial charge in [0.2, 0.25) is 5.91 Å². The molecule has 0 saturated heterocycles. The normalized spacial score (nSPS) is 10.9. The molecule has 0 heterocycles. The van der Waals surface area contributed by atoms with E-state index < -0.39 is 5.41 Å². The second-order valence-corrected chi connectivity index (χ2v) is 7.86. The number of anilines is 1. The minimum absolute atomic E-state index is 0.0651. The maximum atomic E-state index is 12.4. The zero-order valence-electron chi connectivity index (χ0n) is 17.0. The van der Waals surface area contributed by atoms with Crippen molar-refractivity contribution < 1.29 is 14.4 Å². The summed E-state index contributed by atoms with van der Waals surface area (Å²) in [7, 11) is 3.41. The highest BCUT2D eigenvalue weighted by molar-refractivity contribution is 5.98. The Balaban J connectivity index is 1.99. The van der Waals surface area contributed by atoms with E-state index in [0.717, 1.165) is 5.56 Å². The Morgan fingerprint density at radius 1 is 0.929 bits per heavy atom. The summed E-state index contributed by atoms with van der Waals surface area (Å²) in [5.41, 5.74) is 2.02. The van der Waals surface area contributed by atoms with Crippen LogP contribution in [0.2, 0.25) is 0 Å². The molecule has 0 aliphatic heterocycles. The van der Waals surface area contributed by atoms with Crippen LogP contribution in [0.3, 0.4) is 0 Å². The van der Waals surface area contributed by atoms with E-state index in [1.807, 2.05) is 32.9 Å². The van der Waals surface area contributed by atoms with Gasteiger partial charge in [0.05, 0.1) is 0 Å². The molecule has 3 amide bonds. The van der Waals surface area contributed by atoms with Crippen molar-refractivity contribution >= 4 is 23.4 Å². The van der Waals surface area contributed by atoms with Crippen molar-refractivity contribution in [2.45, 2.75) is 27.3 Å². The Morgan fingerprint density at radius 3 is 2.14 bits per heavy atom. The van der Waals surface area contributed by atoms with Crippen LogP contribution in [0, 0.1) is 5.41 Å². The van der Waals surface area contributed by atoms with Crippen LogP contribution in [0.25, 0.3) is 0 Å². The molecule has 2 aromatic rings. The predicted molar refractivity (Wildman–Crippen MR) is 110 cm³/mol. The van der Waals surface area contributed by atoms with Crippen molar-refractivity contribution in [2.24, 2.45) is 5.41 Å². The van der Waals surface area contributed by atoms with Crippen LogP contribution in [0.5, 0.6) is 0 Å². The number of hydrogen-bond donors (Lipinski definition) is 2. The van der Waals surface area contributed by atoms with E-state index in [4.69, 9.17) is 0 Å². The molecule has 28 heavy (non-hydrogen) atoms. The van der Waals surface area contributed by atoms with Crippen molar-refractivity contribution in [1.82, 2.24) is 10.2 Å². The zero-order valence-corrected chi connectivity index (χ0v) is 17.0. The van der Waals surface area contributed by atoms with Crippen LogP contribution in [0.4, 0.5) is 5.69 Å². The molecular formula is C22H27N3O3. The SMILES string of the molecule is CN(C)C(=O)c1ccc(CNC(=O)c2cccc(NC(=O)C(C)(C)C)c2)cc1. The van der Waals surface area contributed by atoms with Gasteiger partial charge in [-0.3, -0.25) is 14.4 Å². The fourth-order valence-corrected chi connectivity index (χ4v) is 2.36. The van der Waals surface area contributed by atoms with Gasteiger partial charge in [0.1, 0.15) is 0 Å². The van der Waals surface area contributed by atoms with Crippen LogP contribution in [-0.2, 0) is 11.3 Å². The summed E-state index contributed by atoms with van der Waals surface area (Å²) >= 11 is 0. The molecule has 0 fully saturated rings. The maximum absolute atomic E-state index is 12.4. The maximum Gasteiger partial charge on any atom is 0.253 e. The Kier molecular flexibility index (Phi) is 6.57. The van der Waals surface area contributed by atoms with Crippen LogP contribution < -0.4 is 10.6 Å². The third kappa shape index (κ3) is 5.67. The zero-order chi connectivity index (χ0) is 20.9. The molecular weight excluding hydrogens is 354 g/mol. The molecule has 0 radical (unpaired) electrons. The molecule has 0 atom stereocenters. The average molecular weight is 381 g/mol. The van der Waals surface area contributed by atoms with E-state index in [1.165, 1.54) is 4.90 Å². The Bertz CT molecular complexity index is 865. The number of nitrogens with one attached hydrogen (secondary N) is 2. The first-order valence-electron chi connectivity index (χ1n) is 9.08. The minimum Gasteiger partial charge on any atom is -0.348 e. The molecule has 2 N–H and O–H groups in total. The molecule has 0 unspecified atom stereocenters. The second-order valence-electron chi connectivity index (χ2n) is 7.86. The fraction of sp³-hybridized carbons (Fsp3) is 0.318. The summed E-state index contributed by atoms with van der Waals surface area (Å²) in [5.74, 6) is -0.414. The number of hydrogen-bond acceptors (Lipinski definition) is 3. The average Bonchev–Trinajstić information content (AvgIpc) is 2.65. The van der Waals surface area contributed by atoms with Crippen molar-refractivity contribution in [2.75, 3.05) is 19.4 Å². The Morgan fingerprint density at radius 2 is 1.57 bits per heavy atom. The second kappa shape index (κ2) is 8.69. The molecule has 2 rings (SSSR count). The quantitative estimate of drug-likeness (QED) is 0.834. The predicted octanol–water partition coefficient (Wildman–Crippen LogP) is 3.30. The smallest absolute Gasteiger partial charge is 0.253 e. The fourth-order valence-electron chi connectivity index (χ4n) is 2.36. The molecule has 0 aliphatic carbocycles. The van der Waals surface area contributed by atoms with Gasteiger partial charge in [-0.15, -0.1) is 0 Å². The summed E-state index contributed by atoms with van der Waals surface area (Å²) in [6.07, 6.45) is 0. The number of carbonyl (C=O) groups is 3. The first kappa shape index (κ1) is 21.2. The van der Waals surface area contributed by atoms with Crippen LogP contribution in [-0.4, -0.2) is 36.7 Å². The monoisotopic (exact) mass is 381 g/mol. The highest BCUT2D eigenvalue weighted by Crippen LogP contribution is 2.18. The van der Waals surface area contributed by atoms with Gasteiger partial charge in [-0.1, -0.05) is 39.0 Å². The Hall–Kier alpha value is -3.15. The topological polar surface area (TPSA) is 78.5 Å². The Labute approximate surface area is 165 Å². The van der Waals surface area contributed by atoms with E-state index in [9.17, 15) is 14.4 Å². The molecule has 6 heteroatoms. The lowest BCUT2D eigenvalue weighted by atomic mass is 9.95. The molecule has 0 bridgehead atoms. The number of carbonyl (C=O) groups excluding carboxylic acids is 3. The van der Waals surface area contributed by atoms with Gasteiger partial charge < -0.3 is 15.5 Å². The van der Waals surface area contributed by atoms with Gasteiger partial charge in [-0.2, -0.15) is 0 Å². The highest BCUT2D eigenvalue weighted by atomic mass is 16.2. The van der Waals surface area contributed by atoms with Crippen LogP contribution in [0.1, 0.15) is 47.1 Å². The van der Waals surface area contributed by atoms with Gasteiger partial charge in [0, 0.05) is 42.9 Å². The largest absolute Gasteiger partial charge is 0.348 e. The first-order chi connectivity index (χ1) is 13.1. The van der Waals surface area contributed by atoms with E-state index in [2.05, 4.69) is 10.6 Å². The number of nitrogens with zero attached hydrogens (tertiary/aromatic N) is 1. The third-order valence-corrected chi connectivity index (χ3v) is 4.12. The van der Waals surface area contributed by atoms with E-state index in [-0.39, 0.29) is 17.7 Å². The lowest BCUT2D eigenvalue weighted by Crippen LogP contribution is -2.28. The van der Waals surface area contributed by atoms with Crippen molar-refractivity contribution in [3.8, 4) is 0 Å². The molecule has 0 spiro atoms. The molecule has 0 saturated carbocycles. The van der Waals surface area contributed by atoms with Crippen molar-refractivity contribution in [3.63, 3.8) is 0 Å². The minimum atomic E-state index is -0.515. The first-order valence-corrected chi connectivity index (χ1v) is 9.08. The van der Waals surface area contributed by atoms with Gasteiger partial charge >= 0.3 is 0 Å². The third-order valence-electron chi connectivity index (χ3n) is 4.12. The van der Waals surface area contributed by atoms with Gasteiger partial charge in [0.25, 0.3) is 11.8 Å². The number of benzene rings is 2. The van der Waals surface area contributed by atoms with Gasteiger partial charge in [-0.25, -0.2) is 0 Å². The van der Waals surface area contributed by atoms with Gasteiger partial charge in [-0.05, 0) is 35.9 Å². The van der Waals surface area contributed by atoms with Crippen molar-refractivity contribution in [3.05, 3.63) is 65.2 Å².